The van der Waals surface area contributed by atoms with Crippen LogP contribution in [0.4, 0.5) is 5.13 Å². The van der Waals surface area contributed by atoms with Crippen molar-refractivity contribution in [2.45, 2.75) is 0 Å². The van der Waals surface area contributed by atoms with Crippen molar-refractivity contribution in [3.05, 3.63) is 77.7 Å². The van der Waals surface area contributed by atoms with E-state index in [0.717, 1.165) is 22.4 Å². The first-order valence-corrected chi connectivity index (χ1v) is 11.8. The van der Waals surface area contributed by atoms with Gasteiger partial charge in [-0.05, 0) is 11.1 Å². The maximum absolute atomic E-state index is 12.6. The highest BCUT2D eigenvalue weighted by Gasteiger charge is 2.20. The molecule has 0 aliphatic carbocycles. The Balaban J connectivity index is 1.36. The summed E-state index contributed by atoms with van der Waals surface area (Å²) in [6.45, 7) is -0.489. The van der Waals surface area contributed by atoms with E-state index >= 15 is 0 Å². The summed E-state index contributed by atoms with van der Waals surface area (Å²) in [6.07, 6.45) is 0. The number of esters is 1. The predicted molar refractivity (Wildman–Crippen MR) is 138 cm³/mol. The normalized spacial score (nSPS) is 10.4. The minimum absolute atomic E-state index is 0.110. The Morgan fingerprint density at radius 1 is 0.806 bits per heavy atom. The highest BCUT2D eigenvalue weighted by molar-refractivity contribution is 7.14. The summed E-state index contributed by atoms with van der Waals surface area (Å²) in [6, 6.07) is 21.1. The van der Waals surface area contributed by atoms with Gasteiger partial charge in [0.25, 0.3) is 5.91 Å². The lowest BCUT2D eigenvalue weighted by atomic mass is 10.0. The van der Waals surface area contributed by atoms with Gasteiger partial charge >= 0.3 is 5.97 Å². The number of amides is 1. The molecule has 0 fully saturated rings. The van der Waals surface area contributed by atoms with E-state index in [9.17, 15) is 9.59 Å². The number of anilines is 1. The van der Waals surface area contributed by atoms with Crippen LogP contribution in [0.1, 0.15) is 10.4 Å². The quantitative estimate of drug-likeness (QED) is 0.309. The van der Waals surface area contributed by atoms with E-state index in [1.54, 1.807) is 0 Å². The molecule has 1 heterocycles. The van der Waals surface area contributed by atoms with Crippen LogP contribution in [-0.4, -0.2) is 44.8 Å². The molecule has 4 rings (SSSR count). The number of ether oxygens (including phenoxy) is 4. The van der Waals surface area contributed by atoms with Gasteiger partial charge in [-0.15, -0.1) is 11.3 Å². The Morgan fingerprint density at radius 3 is 2.08 bits per heavy atom. The second-order valence-corrected chi connectivity index (χ2v) is 8.37. The summed E-state index contributed by atoms with van der Waals surface area (Å²) in [4.78, 5) is 29.4. The van der Waals surface area contributed by atoms with Crippen molar-refractivity contribution in [1.82, 2.24) is 4.98 Å². The standard InChI is InChI=1S/C27H24N2O6S/c1-32-22-14-24(34-3)23(33-2)13-20(22)26(31)35-15-25(30)29-27-28-21(16-36-27)19-11-9-18(10-12-19)17-7-5-4-6-8-17/h4-14,16H,15H2,1-3H3,(H,28,29,30). The Hall–Kier alpha value is -4.37. The molecule has 0 saturated carbocycles. The molecule has 0 aliphatic heterocycles. The van der Waals surface area contributed by atoms with Crippen molar-refractivity contribution in [2.24, 2.45) is 0 Å². The van der Waals surface area contributed by atoms with Crippen molar-refractivity contribution in [1.29, 1.82) is 0 Å². The fourth-order valence-electron chi connectivity index (χ4n) is 3.48. The third-order valence-electron chi connectivity index (χ3n) is 5.30. The predicted octanol–water partition coefficient (Wildman–Crippen LogP) is 5.30. The molecule has 9 heteroatoms. The summed E-state index contributed by atoms with van der Waals surface area (Å²) in [5, 5.41) is 4.92. The molecule has 0 atom stereocenters. The van der Waals surface area contributed by atoms with Crippen LogP contribution < -0.4 is 19.5 Å². The lowest BCUT2D eigenvalue weighted by molar-refractivity contribution is -0.119. The van der Waals surface area contributed by atoms with Gasteiger partial charge in [0.1, 0.15) is 11.3 Å². The molecule has 8 nitrogen and oxygen atoms in total. The van der Waals surface area contributed by atoms with Gasteiger partial charge in [0, 0.05) is 23.1 Å². The molecule has 0 saturated heterocycles. The maximum atomic E-state index is 12.6. The summed E-state index contributed by atoms with van der Waals surface area (Å²) in [5.74, 6) is -0.273. The average molecular weight is 505 g/mol. The largest absolute Gasteiger partial charge is 0.496 e. The molecule has 3 aromatic carbocycles. The van der Waals surface area contributed by atoms with Crippen molar-refractivity contribution in [3.8, 4) is 39.6 Å². The number of carbonyl (C=O) groups excluding carboxylic acids is 2. The van der Waals surface area contributed by atoms with Crippen LogP contribution in [0.25, 0.3) is 22.4 Å². The van der Waals surface area contributed by atoms with Gasteiger partial charge in [-0.3, -0.25) is 10.1 Å². The molecule has 0 unspecified atom stereocenters. The lowest BCUT2D eigenvalue weighted by Gasteiger charge is -2.13. The molecule has 36 heavy (non-hydrogen) atoms. The maximum Gasteiger partial charge on any atom is 0.342 e. The zero-order chi connectivity index (χ0) is 25.5. The van der Waals surface area contributed by atoms with Gasteiger partial charge in [0.05, 0.1) is 27.0 Å². The number of aromatic nitrogens is 1. The third-order valence-corrected chi connectivity index (χ3v) is 6.06. The Labute approximate surface area is 212 Å². The van der Waals surface area contributed by atoms with Crippen LogP contribution in [0.15, 0.2) is 72.1 Å². The Bertz CT molecular complexity index is 1350. The number of hydrogen-bond acceptors (Lipinski definition) is 8. The fraction of sp³-hybridized carbons (Fsp3) is 0.148. The SMILES string of the molecule is COc1cc(OC)c(C(=O)OCC(=O)Nc2nc(-c3ccc(-c4ccccc4)cc3)cs2)cc1OC. The van der Waals surface area contributed by atoms with Gasteiger partial charge in [-0.1, -0.05) is 54.6 Å². The zero-order valence-corrected chi connectivity index (χ0v) is 20.8. The van der Waals surface area contributed by atoms with Crippen LogP contribution in [0.5, 0.6) is 17.2 Å². The van der Waals surface area contributed by atoms with E-state index in [1.807, 2.05) is 47.8 Å². The fourth-order valence-corrected chi connectivity index (χ4v) is 4.22. The molecule has 0 spiro atoms. The van der Waals surface area contributed by atoms with Crippen LogP contribution >= 0.6 is 11.3 Å². The number of nitrogens with zero attached hydrogens (tertiary/aromatic N) is 1. The second-order valence-electron chi connectivity index (χ2n) is 7.51. The number of thiazole rings is 1. The van der Waals surface area contributed by atoms with Crippen molar-refractivity contribution in [2.75, 3.05) is 33.3 Å². The van der Waals surface area contributed by atoms with Crippen molar-refractivity contribution >= 4 is 28.3 Å². The highest BCUT2D eigenvalue weighted by atomic mass is 32.1. The summed E-state index contributed by atoms with van der Waals surface area (Å²) in [5.41, 5.74) is 4.02. The first-order chi connectivity index (χ1) is 17.5. The topological polar surface area (TPSA) is 96.0 Å². The summed E-state index contributed by atoms with van der Waals surface area (Å²) in [7, 11) is 4.34. The van der Waals surface area contributed by atoms with Crippen molar-refractivity contribution in [3.63, 3.8) is 0 Å². The van der Waals surface area contributed by atoms with Crippen LogP contribution in [0.3, 0.4) is 0 Å². The first kappa shape index (κ1) is 24.7. The molecule has 184 valence electrons. The minimum atomic E-state index is -0.735. The monoisotopic (exact) mass is 504 g/mol. The Kier molecular flexibility index (Phi) is 7.82. The molecular formula is C27H24N2O6S. The van der Waals surface area contributed by atoms with E-state index in [0.29, 0.717) is 16.6 Å². The van der Waals surface area contributed by atoms with E-state index in [2.05, 4.69) is 22.4 Å². The summed E-state index contributed by atoms with van der Waals surface area (Å²) < 4.78 is 20.9. The van der Waals surface area contributed by atoms with E-state index in [1.165, 1.54) is 44.8 Å². The molecule has 1 amide bonds. The summed E-state index contributed by atoms with van der Waals surface area (Å²) >= 11 is 1.29. The molecular weight excluding hydrogens is 480 g/mol. The molecule has 1 aromatic heterocycles. The van der Waals surface area contributed by atoms with E-state index < -0.39 is 18.5 Å². The van der Waals surface area contributed by atoms with Gasteiger partial charge < -0.3 is 18.9 Å². The molecule has 0 aliphatic rings. The molecule has 0 radical (unpaired) electrons. The van der Waals surface area contributed by atoms with Crippen LogP contribution in [0, 0.1) is 0 Å². The van der Waals surface area contributed by atoms with Crippen LogP contribution in [0.2, 0.25) is 0 Å². The van der Waals surface area contributed by atoms with Crippen LogP contribution in [-0.2, 0) is 9.53 Å². The highest BCUT2D eigenvalue weighted by Crippen LogP contribution is 2.35. The Morgan fingerprint density at radius 2 is 1.42 bits per heavy atom. The second kappa shape index (κ2) is 11.4. The number of methoxy groups -OCH3 is 3. The molecule has 1 N–H and O–H groups in total. The minimum Gasteiger partial charge on any atom is -0.496 e. The van der Waals surface area contributed by atoms with Crippen molar-refractivity contribution < 1.29 is 28.5 Å². The number of hydrogen-bond donors (Lipinski definition) is 1. The number of benzene rings is 3. The van der Waals surface area contributed by atoms with Gasteiger partial charge in [-0.25, -0.2) is 9.78 Å². The van der Waals surface area contributed by atoms with Gasteiger partial charge in [0.2, 0.25) is 0 Å². The number of nitrogens with one attached hydrogen (secondary N) is 1. The molecule has 0 bridgehead atoms. The van der Waals surface area contributed by atoms with E-state index in [4.69, 9.17) is 18.9 Å². The van der Waals surface area contributed by atoms with E-state index in [-0.39, 0.29) is 11.3 Å². The number of rotatable bonds is 9. The third kappa shape index (κ3) is 5.64. The number of carbonyl (C=O) groups is 2. The van der Waals surface area contributed by atoms with Gasteiger partial charge in [0.15, 0.2) is 23.2 Å². The molecule has 4 aromatic rings. The smallest absolute Gasteiger partial charge is 0.342 e. The zero-order valence-electron chi connectivity index (χ0n) is 19.9. The average Bonchev–Trinajstić information content (AvgIpc) is 3.39. The first-order valence-electron chi connectivity index (χ1n) is 10.9. The lowest BCUT2D eigenvalue weighted by Crippen LogP contribution is -2.21. The van der Waals surface area contributed by atoms with Gasteiger partial charge in [-0.2, -0.15) is 0 Å².